The van der Waals surface area contributed by atoms with Gasteiger partial charge in [0.05, 0.1) is 12.1 Å². The van der Waals surface area contributed by atoms with Crippen molar-refractivity contribution in [2.24, 2.45) is 0 Å². The largest absolute Gasteiger partial charge is 0.480 e. The highest BCUT2D eigenvalue weighted by molar-refractivity contribution is 5.81. The number of carbonyl (C=O) groups is 1. The van der Waals surface area contributed by atoms with Crippen molar-refractivity contribution in [2.75, 3.05) is 19.9 Å². The highest BCUT2D eigenvalue weighted by Gasteiger charge is 2.36. The van der Waals surface area contributed by atoms with Gasteiger partial charge in [-0.25, -0.2) is 4.98 Å². The van der Waals surface area contributed by atoms with E-state index in [1.165, 1.54) is 0 Å². The van der Waals surface area contributed by atoms with Gasteiger partial charge in [-0.15, -0.1) is 0 Å². The van der Waals surface area contributed by atoms with E-state index in [2.05, 4.69) is 11.9 Å². The minimum absolute atomic E-state index is 0.0471. The van der Waals surface area contributed by atoms with Crippen LogP contribution in [0, 0.1) is 0 Å². The van der Waals surface area contributed by atoms with E-state index in [0.717, 1.165) is 12.2 Å². The van der Waals surface area contributed by atoms with Crippen LogP contribution in [0.4, 0.5) is 0 Å². The van der Waals surface area contributed by atoms with E-state index in [1.54, 1.807) is 29.3 Å². The molecule has 1 aromatic carbocycles. The maximum absolute atomic E-state index is 13.0. The van der Waals surface area contributed by atoms with Crippen molar-refractivity contribution in [2.45, 2.75) is 57.8 Å². The molecule has 8 heteroatoms. The maximum atomic E-state index is 13.0. The van der Waals surface area contributed by atoms with E-state index in [1.807, 2.05) is 17.7 Å². The van der Waals surface area contributed by atoms with Crippen LogP contribution < -0.4 is 14.2 Å². The summed E-state index contributed by atoms with van der Waals surface area (Å²) in [6, 6.07) is 5.33. The second-order valence-corrected chi connectivity index (χ2v) is 7.90. The van der Waals surface area contributed by atoms with Crippen LogP contribution >= 0.6 is 0 Å². The molecule has 0 bridgehead atoms. The highest BCUT2D eigenvalue weighted by atomic mass is 16.7. The fourth-order valence-electron chi connectivity index (χ4n) is 4.04. The van der Waals surface area contributed by atoms with E-state index in [4.69, 9.17) is 14.2 Å². The Morgan fingerprint density at radius 2 is 2.03 bits per heavy atom. The van der Waals surface area contributed by atoms with Crippen LogP contribution in [0.5, 0.6) is 17.2 Å². The van der Waals surface area contributed by atoms with Crippen LogP contribution in [0.3, 0.4) is 0 Å². The van der Waals surface area contributed by atoms with Crippen LogP contribution in [0.15, 0.2) is 30.6 Å². The summed E-state index contributed by atoms with van der Waals surface area (Å²) in [6.45, 7) is 5.70. The molecule has 0 unspecified atom stereocenters. The van der Waals surface area contributed by atoms with Crippen molar-refractivity contribution >= 4 is 5.91 Å². The van der Waals surface area contributed by atoms with Gasteiger partial charge in [0.25, 0.3) is 5.91 Å². The Kier molecular flexibility index (Phi) is 5.85. The first kappa shape index (κ1) is 20.5. The summed E-state index contributed by atoms with van der Waals surface area (Å²) < 4.78 is 18.7. The van der Waals surface area contributed by atoms with Crippen molar-refractivity contribution in [3.63, 3.8) is 0 Å². The summed E-state index contributed by atoms with van der Waals surface area (Å²) >= 11 is 0. The van der Waals surface area contributed by atoms with E-state index in [-0.39, 0.29) is 12.7 Å². The molecule has 1 atom stereocenters. The summed E-state index contributed by atoms with van der Waals surface area (Å²) in [5.74, 6) is 2.81. The number of hydrogen-bond donors (Lipinski definition) is 1. The summed E-state index contributed by atoms with van der Waals surface area (Å²) in [6.07, 6.45) is 5.53. The number of piperidine rings is 1. The number of hydrogen-bond acceptors (Lipinski definition) is 6. The number of carbonyl (C=O) groups excluding carboxylic acids is 1. The van der Waals surface area contributed by atoms with Gasteiger partial charge in [0.1, 0.15) is 11.6 Å². The standard InChI is InChI=1S/C22H29N3O5/c1-3-17(30-16-5-6-18-19(13-16)29-15-28-18)21(26)24-10-7-22(27,8-11-24)14-25-12-9-23-20(25)4-2/h5-6,9,12-13,17,27H,3-4,7-8,10-11,14-15H2,1-2H3/t17-/m0/s1. The number of likely N-dealkylation sites (tertiary alicyclic amines) is 1. The van der Waals surface area contributed by atoms with Crippen molar-refractivity contribution < 1.29 is 24.1 Å². The van der Waals surface area contributed by atoms with Gasteiger partial charge in [-0.1, -0.05) is 13.8 Å². The average Bonchev–Trinajstić information content (AvgIpc) is 3.40. The smallest absolute Gasteiger partial charge is 0.263 e. The molecule has 8 nitrogen and oxygen atoms in total. The van der Waals surface area contributed by atoms with E-state index >= 15 is 0 Å². The molecule has 162 valence electrons. The van der Waals surface area contributed by atoms with Crippen molar-refractivity contribution in [3.8, 4) is 17.2 Å². The topological polar surface area (TPSA) is 86.1 Å². The van der Waals surface area contributed by atoms with Gasteiger partial charge in [-0.05, 0) is 31.4 Å². The van der Waals surface area contributed by atoms with Gasteiger partial charge in [-0.3, -0.25) is 4.79 Å². The lowest BCUT2D eigenvalue weighted by Gasteiger charge is -2.39. The molecule has 1 N–H and O–H groups in total. The number of fused-ring (bicyclic) bond motifs is 1. The molecule has 4 rings (SSSR count). The average molecular weight is 415 g/mol. The second kappa shape index (κ2) is 8.55. The minimum Gasteiger partial charge on any atom is -0.480 e. The molecule has 2 aliphatic rings. The zero-order valence-corrected chi connectivity index (χ0v) is 17.5. The molecule has 0 aliphatic carbocycles. The number of aromatic nitrogens is 2. The van der Waals surface area contributed by atoms with E-state index in [9.17, 15) is 9.90 Å². The van der Waals surface area contributed by atoms with Gasteiger partial charge >= 0.3 is 0 Å². The monoisotopic (exact) mass is 415 g/mol. The van der Waals surface area contributed by atoms with Crippen LogP contribution in [0.25, 0.3) is 0 Å². The van der Waals surface area contributed by atoms with Crippen molar-refractivity contribution in [1.29, 1.82) is 0 Å². The molecule has 3 heterocycles. The Balaban J connectivity index is 1.35. The summed E-state index contributed by atoms with van der Waals surface area (Å²) in [5, 5.41) is 11.0. The Hall–Kier alpha value is -2.74. The quantitative estimate of drug-likeness (QED) is 0.747. The first-order valence-electron chi connectivity index (χ1n) is 10.6. The molecule has 1 fully saturated rings. The molecule has 2 aliphatic heterocycles. The van der Waals surface area contributed by atoms with Gasteiger partial charge < -0.3 is 28.8 Å². The lowest BCUT2D eigenvalue weighted by atomic mass is 9.91. The number of ether oxygens (including phenoxy) is 3. The van der Waals surface area contributed by atoms with Crippen LogP contribution in [0.2, 0.25) is 0 Å². The molecule has 2 aromatic rings. The Labute approximate surface area is 176 Å². The third-order valence-corrected chi connectivity index (χ3v) is 5.86. The minimum atomic E-state index is -0.832. The molecular formula is C22H29N3O5. The molecule has 1 amide bonds. The number of rotatable bonds is 7. The fraction of sp³-hybridized carbons (Fsp3) is 0.545. The fourth-order valence-corrected chi connectivity index (χ4v) is 4.04. The predicted molar refractivity (Wildman–Crippen MR) is 110 cm³/mol. The summed E-state index contributed by atoms with van der Waals surface area (Å²) in [4.78, 5) is 19.2. The third kappa shape index (κ3) is 4.23. The molecule has 0 spiro atoms. The number of aliphatic hydroxyl groups is 1. The van der Waals surface area contributed by atoms with Crippen LogP contribution in [0.1, 0.15) is 38.9 Å². The number of nitrogens with zero attached hydrogens (tertiary/aromatic N) is 3. The Morgan fingerprint density at radius 1 is 1.27 bits per heavy atom. The van der Waals surface area contributed by atoms with Crippen molar-refractivity contribution in [3.05, 3.63) is 36.4 Å². The lowest BCUT2D eigenvalue weighted by molar-refractivity contribution is -0.143. The normalized spacial score (nSPS) is 18.3. The lowest BCUT2D eigenvalue weighted by Crippen LogP contribution is -2.51. The SMILES string of the molecule is CCc1nccn1CC1(O)CCN(C(=O)[C@H](CC)Oc2ccc3c(c2)OCO3)CC1. The van der Waals surface area contributed by atoms with Crippen LogP contribution in [-0.4, -0.2) is 57.1 Å². The molecular weight excluding hydrogens is 386 g/mol. The van der Waals surface area contributed by atoms with Gasteiger partial charge in [0.2, 0.25) is 6.79 Å². The number of amides is 1. The highest BCUT2D eigenvalue weighted by Crippen LogP contribution is 2.35. The van der Waals surface area contributed by atoms with Gasteiger partial charge in [0, 0.05) is 38.0 Å². The Bertz CT molecular complexity index is 889. The molecule has 1 aromatic heterocycles. The maximum Gasteiger partial charge on any atom is 0.263 e. The number of aryl methyl sites for hydroxylation is 1. The number of benzene rings is 1. The van der Waals surface area contributed by atoms with Crippen molar-refractivity contribution in [1.82, 2.24) is 14.5 Å². The zero-order chi connectivity index (χ0) is 21.1. The molecule has 0 saturated carbocycles. The molecule has 30 heavy (non-hydrogen) atoms. The van der Waals surface area contributed by atoms with E-state index < -0.39 is 11.7 Å². The first-order chi connectivity index (χ1) is 14.5. The molecule has 0 radical (unpaired) electrons. The Morgan fingerprint density at radius 3 is 2.77 bits per heavy atom. The predicted octanol–water partition coefficient (Wildman–Crippen LogP) is 2.39. The molecule has 1 saturated heterocycles. The van der Waals surface area contributed by atoms with Crippen LogP contribution in [-0.2, 0) is 17.8 Å². The second-order valence-electron chi connectivity index (χ2n) is 7.90. The number of imidazole rings is 1. The summed E-state index contributed by atoms with van der Waals surface area (Å²) in [5.41, 5.74) is -0.832. The van der Waals surface area contributed by atoms with Gasteiger partial charge in [-0.2, -0.15) is 0 Å². The third-order valence-electron chi connectivity index (χ3n) is 5.86. The van der Waals surface area contributed by atoms with E-state index in [0.29, 0.717) is 56.1 Å². The zero-order valence-electron chi connectivity index (χ0n) is 17.5. The summed E-state index contributed by atoms with van der Waals surface area (Å²) in [7, 11) is 0. The first-order valence-corrected chi connectivity index (χ1v) is 10.6. The van der Waals surface area contributed by atoms with Gasteiger partial charge in [0.15, 0.2) is 17.6 Å².